The number of carbonyl (C=O) groups is 2. The second-order valence-corrected chi connectivity index (χ2v) is 5.89. The summed E-state index contributed by atoms with van der Waals surface area (Å²) in [5.41, 5.74) is -0.565. The van der Waals surface area contributed by atoms with Crippen LogP contribution in [0.1, 0.15) is 20.8 Å². The van der Waals surface area contributed by atoms with Crippen LogP contribution < -0.4 is 5.32 Å². The Bertz CT molecular complexity index is 370. The summed E-state index contributed by atoms with van der Waals surface area (Å²) < 4.78 is 5.26. The quantitative estimate of drug-likeness (QED) is 0.762. The molecule has 6 heteroatoms. The average Bonchev–Trinajstić information content (AvgIpc) is 2.72. The highest BCUT2D eigenvalue weighted by Crippen LogP contribution is 2.23. The van der Waals surface area contributed by atoms with Crippen LogP contribution in [0.25, 0.3) is 0 Å². The maximum Gasteiger partial charge on any atom is 0.411 e. The predicted molar refractivity (Wildman–Crippen MR) is 71.0 cm³/mol. The minimum Gasteiger partial charge on any atom is -0.444 e. The molecular formula is C12H18N2O3S. The average molecular weight is 270 g/mol. The first-order chi connectivity index (χ1) is 8.35. The van der Waals surface area contributed by atoms with Crippen LogP contribution >= 0.6 is 11.8 Å². The maximum absolute atomic E-state index is 11.9. The Hall–Kier alpha value is -1.35. The lowest BCUT2D eigenvalue weighted by Gasteiger charge is -2.27. The molecule has 0 radical (unpaired) electrons. The summed E-state index contributed by atoms with van der Waals surface area (Å²) in [5, 5.41) is 2.58. The number of terminal acetylenes is 1. The highest BCUT2D eigenvalue weighted by Gasteiger charge is 2.36. The Morgan fingerprint density at radius 1 is 1.56 bits per heavy atom. The number of thioether (sulfide) groups is 1. The minimum atomic E-state index is -0.565. The van der Waals surface area contributed by atoms with E-state index in [0.717, 1.165) is 0 Å². The fourth-order valence-electron chi connectivity index (χ4n) is 1.42. The molecule has 1 fully saturated rings. The summed E-state index contributed by atoms with van der Waals surface area (Å²) in [6.45, 7) is 5.55. The normalized spacial score (nSPS) is 19.2. The molecule has 2 amide bonds. The molecule has 1 rings (SSSR count). The van der Waals surface area contributed by atoms with Crippen molar-refractivity contribution in [3.63, 3.8) is 0 Å². The van der Waals surface area contributed by atoms with E-state index in [4.69, 9.17) is 11.2 Å². The van der Waals surface area contributed by atoms with Crippen molar-refractivity contribution in [2.75, 3.05) is 18.2 Å². The fraction of sp³-hybridized carbons (Fsp3) is 0.667. The van der Waals surface area contributed by atoms with Gasteiger partial charge in [-0.15, -0.1) is 18.2 Å². The lowest BCUT2D eigenvalue weighted by molar-refractivity contribution is -0.124. The molecule has 0 saturated carbocycles. The van der Waals surface area contributed by atoms with Crippen molar-refractivity contribution in [2.45, 2.75) is 32.4 Å². The van der Waals surface area contributed by atoms with Crippen molar-refractivity contribution in [3.05, 3.63) is 0 Å². The van der Waals surface area contributed by atoms with Crippen LogP contribution in [0.5, 0.6) is 0 Å². The van der Waals surface area contributed by atoms with Gasteiger partial charge in [-0.2, -0.15) is 0 Å². The van der Waals surface area contributed by atoms with Crippen LogP contribution in [0.15, 0.2) is 0 Å². The number of nitrogens with zero attached hydrogens (tertiary/aromatic N) is 1. The van der Waals surface area contributed by atoms with E-state index in [9.17, 15) is 9.59 Å². The van der Waals surface area contributed by atoms with Gasteiger partial charge < -0.3 is 10.1 Å². The molecule has 5 nitrogen and oxygen atoms in total. The van der Waals surface area contributed by atoms with Gasteiger partial charge in [0.25, 0.3) is 0 Å². The van der Waals surface area contributed by atoms with Gasteiger partial charge >= 0.3 is 6.09 Å². The zero-order valence-electron chi connectivity index (χ0n) is 10.9. The number of hydrogen-bond donors (Lipinski definition) is 1. The second kappa shape index (κ2) is 6.01. The van der Waals surface area contributed by atoms with Crippen LogP contribution in [0, 0.1) is 12.3 Å². The van der Waals surface area contributed by atoms with Gasteiger partial charge in [-0.3, -0.25) is 9.69 Å². The Balaban J connectivity index is 2.62. The van der Waals surface area contributed by atoms with E-state index < -0.39 is 17.7 Å². The van der Waals surface area contributed by atoms with Crippen LogP contribution in [0.2, 0.25) is 0 Å². The molecule has 0 aromatic rings. The summed E-state index contributed by atoms with van der Waals surface area (Å²) in [5.74, 6) is 3.12. The number of hydrogen-bond acceptors (Lipinski definition) is 4. The molecule has 0 aromatic carbocycles. The summed E-state index contributed by atoms with van der Waals surface area (Å²) >= 11 is 1.52. The highest BCUT2D eigenvalue weighted by molar-refractivity contribution is 7.99. The Morgan fingerprint density at radius 3 is 2.78 bits per heavy atom. The van der Waals surface area contributed by atoms with E-state index in [1.54, 1.807) is 20.8 Å². The van der Waals surface area contributed by atoms with Crippen molar-refractivity contribution in [1.29, 1.82) is 0 Å². The Morgan fingerprint density at radius 2 is 2.22 bits per heavy atom. The van der Waals surface area contributed by atoms with E-state index in [-0.39, 0.29) is 12.5 Å². The molecule has 0 bridgehead atoms. The van der Waals surface area contributed by atoms with E-state index in [1.807, 2.05) is 0 Å². The van der Waals surface area contributed by atoms with Gasteiger partial charge in [-0.25, -0.2) is 4.79 Å². The van der Waals surface area contributed by atoms with E-state index in [1.165, 1.54) is 16.7 Å². The standard InChI is InChI=1S/C12H18N2O3S/c1-5-6-13-10(15)9-7-18-8-14(9)11(16)17-12(2,3)4/h1,9H,6-8H2,2-4H3,(H,13,15). The molecule has 100 valence electrons. The molecule has 1 N–H and O–H groups in total. The number of nitrogens with one attached hydrogen (secondary N) is 1. The number of ether oxygens (including phenoxy) is 1. The van der Waals surface area contributed by atoms with Crippen molar-refractivity contribution in [1.82, 2.24) is 10.2 Å². The maximum atomic E-state index is 11.9. The molecule has 1 aliphatic rings. The van der Waals surface area contributed by atoms with E-state index in [2.05, 4.69) is 11.2 Å². The third-order valence-electron chi connectivity index (χ3n) is 2.18. The number of rotatable bonds is 2. The molecule has 1 saturated heterocycles. The zero-order valence-corrected chi connectivity index (χ0v) is 11.7. The summed E-state index contributed by atoms with van der Waals surface area (Å²) in [6, 6.07) is -0.502. The first-order valence-corrected chi connectivity index (χ1v) is 6.79. The monoisotopic (exact) mass is 270 g/mol. The lowest BCUT2D eigenvalue weighted by Crippen LogP contribution is -2.48. The molecule has 0 spiro atoms. The molecule has 1 unspecified atom stereocenters. The van der Waals surface area contributed by atoms with Gasteiger partial charge in [0.1, 0.15) is 11.6 Å². The van der Waals surface area contributed by atoms with Crippen molar-refractivity contribution in [3.8, 4) is 12.3 Å². The SMILES string of the molecule is C#CCNC(=O)C1CSCN1C(=O)OC(C)(C)C. The molecule has 18 heavy (non-hydrogen) atoms. The zero-order chi connectivity index (χ0) is 13.8. The van der Waals surface area contributed by atoms with Gasteiger partial charge in [-0.1, -0.05) is 5.92 Å². The molecule has 0 aliphatic carbocycles. The summed E-state index contributed by atoms with van der Waals surface area (Å²) in [6.07, 6.45) is 4.61. The Kier molecular flexibility index (Phi) is 4.91. The van der Waals surface area contributed by atoms with Gasteiger partial charge in [0.15, 0.2) is 0 Å². The van der Waals surface area contributed by atoms with Crippen molar-refractivity contribution < 1.29 is 14.3 Å². The molecule has 1 heterocycles. The van der Waals surface area contributed by atoms with Crippen LogP contribution in [0.3, 0.4) is 0 Å². The molecule has 1 atom stereocenters. The van der Waals surface area contributed by atoms with Crippen LogP contribution in [-0.4, -0.2) is 46.7 Å². The second-order valence-electron chi connectivity index (χ2n) is 4.89. The minimum absolute atomic E-state index is 0.169. The van der Waals surface area contributed by atoms with Crippen molar-refractivity contribution in [2.24, 2.45) is 0 Å². The lowest BCUT2D eigenvalue weighted by atomic mass is 10.2. The third-order valence-corrected chi connectivity index (χ3v) is 3.19. The molecular weight excluding hydrogens is 252 g/mol. The van der Waals surface area contributed by atoms with E-state index >= 15 is 0 Å². The molecule has 0 aromatic heterocycles. The smallest absolute Gasteiger partial charge is 0.411 e. The first-order valence-electron chi connectivity index (χ1n) is 5.63. The predicted octanol–water partition coefficient (Wildman–Crippen LogP) is 1.05. The molecule has 1 aliphatic heterocycles. The topological polar surface area (TPSA) is 58.6 Å². The number of amides is 2. The van der Waals surface area contributed by atoms with E-state index in [0.29, 0.717) is 11.6 Å². The van der Waals surface area contributed by atoms with Gasteiger partial charge in [0.05, 0.1) is 12.4 Å². The van der Waals surface area contributed by atoms with Crippen molar-refractivity contribution >= 4 is 23.8 Å². The first kappa shape index (κ1) is 14.7. The van der Waals surface area contributed by atoms with Crippen LogP contribution in [0.4, 0.5) is 4.79 Å². The third kappa shape index (κ3) is 4.15. The van der Waals surface area contributed by atoms with Gasteiger partial charge in [0, 0.05) is 5.75 Å². The summed E-state index contributed by atoms with van der Waals surface area (Å²) in [7, 11) is 0. The van der Waals surface area contributed by atoms with Crippen LogP contribution in [-0.2, 0) is 9.53 Å². The van der Waals surface area contributed by atoms with Gasteiger partial charge in [0.2, 0.25) is 5.91 Å². The Labute approximate surface area is 112 Å². The summed E-state index contributed by atoms with van der Waals surface area (Å²) in [4.78, 5) is 25.2. The fourth-order valence-corrected chi connectivity index (χ4v) is 2.56. The highest BCUT2D eigenvalue weighted by atomic mass is 32.2. The largest absolute Gasteiger partial charge is 0.444 e. The number of carbonyl (C=O) groups excluding carboxylic acids is 2. The van der Waals surface area contributed by atoms with Gasteiger partial charge in [-0.05, 0) is 20.8 Å².